The number of nitrogens with one attached hydrogen (secondary N) is 1. The van der Waals surface area contributed by atoms with Crippen LogP contribution in [0, 0.1) is 5.82 Å². The van der Waals surface area contributed by atoms with Crippen LogP contribution in [0.4, 0.5) is 27.1 Å². The van der Waals surface area contributed by atoms with Gasteiger partial charge in [0.15, 0.2) is 0 Å². The fourth-order valence-corrected chi connectivity index (χ4v) is 2.16. The number of nitrogens with two attached hydrogens (primary N) is 2. The summed E-state index contributed by atoms with van der Waals surface area (Å²) in [6.07, 6.45) is 0. The summed E-state index contributed by atoms with van der Waals surface area (Å²) >= 11 is 0. The molecule has 0 spiro atoms. The average molecular weight is 267 g/mol. The normalized spacial score (nSPS) is 10.7. The van der Waals surface area contributed by atoms with Gasteiger partial charge >= 0.3 is 0 Å². The Morgan fingerprint density at radius 1 is 0.900 bits per heavy atom. The molecule has 0 amide bonds. The second-order valence-corrected chi connectivity index (χ2v) is 4.61. The molecule has 0 heterocycles. The van der Waals surface area contributed by atoms with Crippen LogP contribution in [-0.2, 0) is 0 Å². The fraction of sp³-hybridized carbons (Fsp3) is 0. The van der Waals surface area contributed by atoms with Crippen molar-refractivity contribution in [1.82, 2.24) is 0 Å². The van der Waals surface area contributed by atoms with Crippen molar-refractivity contribution in [2.75, 3.05) is 16.8 Å². The lowest BCUT2D eigenvalue weighted by Crippen LogP contribution is -1.98. The molecule has 0 bridgehead atoms. The zero-order valence-corrected chi connectivity index (χ0v) is 10.7. The van der Waals surface area contributed by atoms with E-state index in [1.807, 2.05) is 36.4 Å². The number of halogens is 1. The van der Waals surface area contributed by atoms with Gasteiger partial charge in [-0.05, 0) is 29.7 Å². The Morgan fingerprint density at radius 3 is 2.50 bits per heavy atom. The highest BCUT2D eigenvalue weighted by Crippen LogP contribution is 2.31. The molecular formula is C16H14FN3. The van der Waals surface area contributed by atoms with Crippen molar-refractivity contribution in [1.29, 1.82) is 0 Å². The van der Waals surface area contributed by atoms with Gasteiger partial charge in [-0.3, -0.25) is 0 Å². The molecule has 0 aliphatic rings. The number of nitrogen functional groups attached to an aromatic ring is 2. The Bertz CT molecular complexity index is 784. The number of benzene rings is 3. The zero-order valence-electron chi connectivity index (χ0n) is 10.7. The van der Waals surface area contributed by atoms with E-state index in [1.165, 1.54) is 12.1 Å². The summed E-state index contributed by atoms with van der Waals surface area (Å²) in [5.41, 5.74) is 13.7. The highest BCUT2D eigenvalue weighted by Gasteiger charge is 2.06. The summed E-state index contributed by atoms with van der Waals surface area (Å²) in [5, 5.41) is 5.15. The molecule has 5 N–H and O–H groups in total. The molecule has 0 aliphatic carbocycles. The molecule has 0 aromatic heterocycles. The van der Waals surface area contributed by atoms with Gasteiger partial charge in [0.1, 0.15) is 5.82 Å². The zero-order chi connectivity index (χ0) is 14.1. The number of anilines is 4. The fourth-order valence-electron chi connectivity index (χ4n) is 2.16. The van der Waals surface area contributed by atoms with Crippen LogP contribution < -0.4 is 16.8 Å². The summed E-state index contributed by atoms with van der Waals surface area (Å²) in [6, 6.07) is 16.3. The predicted octanol–water partition coefficient (Wildman–Crippen LogP) is 3.89. The molecule has 0 saturated heterocycles. The quantitative estimate of drug-likeness (QED) is 0.617. The summed E-state index contributed by atoms with van der Waals surface area (Å²) in [4.78, 5) is 0. The summed E-state index contributed by atoms with van der Waals surface area (Å²) in [5.74, 6) is -0.450. The first-order valence-electron chi connectivity index (χ1n) is 6.24. The Hall–Kier alpha value is -2.75. The molecule has 3 aromatic carbocycles. The van der Waals surface area contributed by atoms with Gasteiger partial charge in [-0.25, -0.2) is 4.39 Å². The Morgan fingerprint density at radius 2 is 1.70 bits per heavy atom. The third kappa shape index (κ3) is 2.12. The van der Waals surface area contributed by atoms with Crippen LogP contribution in [0.5, 0.6) is 0 Å². The topological polar surface area (TPSA) is 64.1 Å². The molecule has 4 heteroatoms. The Balaban J connectivity index is 2.02. The lowest BCUT2D eigenvalue weighted by atomic mass is 10.1. The molecule has 0 radical (unpaired) electrons. The first kappa shape index (κ1) is 12.3. The van der Waals surface area contributed by atoms with Gasteiger partial charge in [-0.2, -0.15) is 0 Å². The van der Waals surface area contributed by atoms with Crippen LogP contribution in [0.15, 0.2) is 54.6 Å². The molecule has 100 valence electrons. The van der Waals surface area contributed by atoms with Gasteiger partial charge in [0.2, 0.25) is 0 Å². The second kappa shape index (κ2) is 4.74. The van der Waals surface area contributed by atoms with E-state index in [4.69, 9.17) is 11.5 Å². The summed E-state index contributed by atoms with van der Waals surface area (Å²) in [7, 11) is 0. The van der Waals surface area contributed by atoms with Gasteiger partial charge in [-0.15, -0.1) is 0 Å². The molecular weight excluding hydrogens is 253 g/mol. The van der Waals surface area contributed by atoms with Gasteiger partial charge in [0, 0.05) is 11.1 Å². The van der Waals surface area contributed by atoms with E-state index in [0.717, 1.165) is 16.5 Å². The van der Waals surface area contributed by atoms with Crippen molar-refractivity contribution in [3.63, 3.8) is 0 Å². The highest BCUT2D eigenvalue weighted by atomic mass is 19.1. The van der Waals surface area contributed by atoms with E-state index >= 15 is 0 Å². The summed E-state index contributed by atoms with van der Waals surface area (Å²) in [6.45, 7) is 0. The summed E-state index contributed by atoms with van der Waals surface area (Å²) < 4.78 is 13.4. The van der Waals surface area contributed by atoms with Gasteiger partial charge in [-0.1, -0.05) is 30.3 Å². The minimum Gasteiger partial charge on any atom is -0.397 e. The van der Waals surface area contributed by atoms with Gasteiger partial charge < -0.3 is 16.8 Å². The van der Waals surface area contributed by atoms with E-state index in [0.29, 0.717) is 11.4 Å². The van der Waals surface area contributed by atoms with E-state index in [1.54, 1.807) is 6.07 Å². The van der Waals surface area contributed by atoms with Crippen molar-refractivity contribution in [2.45, 2.75) is 0 Å². The van der Waals surface area contributed by atoms with E-state index in [-0.39, 0.29) is 5.69 Å². The monoisotopic (exact) mass is 267 g/mol. The first-order chi connectivity index (χ1) is 9.65. The van der Waals surface area contributed by atoms with Crippen LogP contribution >= 0.6 is 0 Å². The maximum absolute atomic E-state index is 13.4. The lowest BCUT2D eigenvalue weighted by molar-refractivity contribution is 0.633. The van der Waals surface area contributed by atoms with Crippen molar-refractivity contribution in [3.05, 3.63) is 60.4 Å². The molecule has 20 heavy (non-hydrogen) atoms. The smallest absolute Gasteiger partial charge is 0.148 e. The third-order valence-corrected chi connectivity index (χ3v) is 3.25. The van der Waals surface area contributed by atoms with E-state index in [9.17, 15) is 4.39 Å². The number of fused-ring (bicyclic) bond motifs is 1. The highest BCUT2D eigenvalue weighted by molar-refractivity contribution is 5.99. The minimum atomic E-state index is -0.450. The van der Waals surface area contributed by atoms with Crippen molar-refractivity contribution in [3.8, 4) is 0 Å². The second-order valence-electron chi connectivity index (χ2n) is 4.61. The van der Waals surface area contributed by atoms with E-state index in [2.05, 4.69) is 5.32 Å². The van der Waals surface area contributed by atoms with Crippen LogP contribution in [0.1, 0.15) is 0 Å². The molecule has 3 rings (SSSR count). The van der Waals surface area contributed by atoms with Crippen LogP contribution in [0.3, 0.4) is 0 Å². The molecule has 3 nitrogen and oxygen atoms in total. The largest absolute Gasteiger partial charge is 0.397 e. The van der Waals surface area contributed by atoms with Gasteiger partial charge in [0.25, 0.3) is 0 Å². The molecule has 0 unspecified atom stereocenters. The lowest BCUT2D eigenvalue weighted by Gasteiger charge is -2.12. The van der Waals surface area contributed by atoms with Crippen molar-refractivity contribution in [2.24, 2.45) is 0 Å². The SMILES string of the molecule is Nc1ccc(Nc2ccc3ccccc3c2N)cc1F. The molecule has 0 aliphatic heterocycles. The molecule has 0 saturated carbocycles. The van der Waals surface area contributed by atoms with Crippen LogP contribution in [-0.4, -0.2) is 0 Å². The molecule has 3 aromatic rings. The number of hydrogen-bond donors (Lipinski definition) is 3. The third-order valence-electron chi connectivity index (χ3n) is 3.25. The van der Waals surface area contributed by atoms with Crippen LogP contribution in [0.2, 0.25) is 0 Å². The van der Waals surface area contributed by atoms with Crippen LogP contribution in [0.25, 0.3) is 10.8 Å². The van der Waals surface area contributed by atoms with Crippen molar-refractivity contribution < 1.29 is 4.39 Å². The maximum atomic E-state index is 13.4. The standard InChI is InChI=1S/C16H14FN3/c17-13-9-11(6-7-14(13)18)20-15-8-5-10-3-1-2-4-12(10)16(15)19/h1-9,20H,18-19H2. The Labute approximate surface area is 116 Å². The molecule has 0 atom stereocenters. The first-order valence-corrected chi connectivity index (χ1v) is 6.24. The minimum absolute atomic E-state index is 0.127. The van der Waals surface area contributed by atoms with Crippen molar-refractivity contribution >= 4 is 33.5 Å². The molecule has 0 fully saturated rings. The maximum Gasteiger partial charge on any atom is 0.148 e. The predicted molar refractivity (Wildman–Crippen MR) is 82.5 cm³/mol. The number of hydrogen-bond acceptors (Lipinski definition) is 3. The average Bonchev–Trinajstić information content (AvgIpc) is 2.46. The van der Waals surface area contributed by atoms with E-state index < -0.39 is 5.82 Å². The van der Waals surface area contributed by atoms with Gasteiger partial charge in [0.05, 0.1) is 17.1 Å². The Kier molecular flexibility index (Phi) is 2.91. The number of rotatable bonds is 2.